The number of hydrogen-bond donors (Lipinski definition) is 0. The Morgan fingerprint density at radius 3 is 2.68 bits per heavy atom. The number of aromatic nitrogens is 1. The molecule has 0 spiro atoms. The summed E-state index contributed by atoms with van der Waals surface area (Å²) >= 11 is 1.39. The largest absolute Gasteiger partial charge is 0.416 e. The van der Waals surface area contributed by atoms with Crippen molar-refractivity contribution in [2.45, 2.75) is 32.4 Å². The quantitative estimate of drug-likeness (QED) is 0.741. The molecule has 1 heterocycles. The second-order valence-electron chi connectivity index (χ2n) is 4.47. The standard InChI is InChI=1S/C14H14F3NS/c1-3-9(2)12-8-19-13(18-12)10-5-4-6-11(7-10)14(15,16)17/h4-9H,3H2,1-2H3. The molecule has 0 bridgehead atoms. The molecule has 2 aromatic rings. The molecule has 0 saturated carbocycles. The van der Waals surface area contributed by atoms with Gasteiger partial charge in [-0.05, 0) is 24.5 Å². The number of hydrogen-bond acceptors (Lipinski definition) is 2. The maximum absolute atomic E-state index is 12.7. The fourth-order valence-electron chi connectivity index (χ4n) is 1.68. The first-order chi connectivity index (χ1) is 8.91. The van der Waals surface area contributed by atoms with Crippen LogP contribution in [0.5, 0.6) is 0 Å². The van der Waals surface area contributed by atoms with Gasteiger partial charge in [0.2, 0.25) is 0 Å². The van der Waals surface area contributed by atoms with E-state index in [1.807, 2.05) is 5.38 Å². The highest BCUT2D eigenvalue weighted by Gasteiger charge is 2.30. The molecule has 1 atom stereocenters. The van der Waals surface area contributed by atoms with Crippen LogP contribution in [0.1, 0.15) is 37.4 Å². The smallest absolute Gasteiger partial charge is 0.241 e. The van der Waals surface area contributed by atoms with Crippen molar-refractivity contribution in [3.05, 3.63) is 40.9 Å². The van der Waals surface area contributed by atoms with E-state index in [1.165, 1.54) is 17.4 Å². The monoisotopic (exact) mass is 285 g/mol. The van der Waals surface area contributed by atoms with Crippen LogP contribution in [0.25, 0.3) is 10.6 Å². The van der Waals surface area contributed by atoms with Crippen LogP contribution in [-0.4, -0.2) is 4.98 Å². The molecule has 0 N–H and O–H groups in total. The van der Waals surface area contributed by atoms with E-state index in [0.29, 0.717) is 16.5 Å². The van der Waals surface area contributed by atoms with Gasteiger partial charge in [0.25, 0.3) is 0 Å². The zero-order valence-corrected chi connectivity index (χ0v) is 11.5. The van der Waals surface area contributed by atoms with Crippen LogP contribution in [0.2, 0.25) is 0 Å². The highest BCUT2D eigenvalue weighted by molar-refractivity contribution is 7.13. The number of thiazole rings is 1. The van der Waals surface area contributed by atoms with Crippen molar-refractivity contribution < 1.29 is 13.2 Å². The topological polar surface area (TPSA) is 12.9 Å². The fourth-order valence-corrected chi connectivity index (χ4v) is 2.62. The molecule has 0 radical (unpaired) electrons. The summed E-state index contributed by atoms with van der Waals surface area (Å²) in [6, 6.07) is 5.31. The van der Waals surface area contributed by atoms with E-state index in [2.05, 4.69) is 18.8 Å². The van der Waals surface area contributed by atoms with Crippen LogP contribution in [0.3, 0.4) is 0 Å². The maximum Gasteiger partial charge on any atom is 0.416 e. The summed E-state index contributed by atoms with van der Waals surface area (Å²) in [5.41, 5.74) is 0.833. The fraction of sp³-hybridized carbons (Fsp3) is 0.357. The molecule has 102 valence electrons. The second kappa shape index (κ2) is 5.33. The Hall–Kier alpha value is -1.36. The summed E-state index contributed by atoms with van der Waals surface area (Å²) < 4.78 is 38.0. The average molecular weight is 285 g/mol. The lowest BCUT2D eigenvalue weighted by atomic mass is 10.1. The molecule has 0 fully saturated rings. The van der Waals surface area contributed by atoms with Crippen molar-refractivity contribution >= 4 is 11.3 Å². The lowest BCUT2D eigenvalue weighted by Crippen LogP contribution is -2.04. The van der Waals surface area contributed by atoms with E-state index < -0.39 is 11.7 Å². The molecule has 0 aliphatic rings. The number of benzene rings is 1. The van der Waals surface area contributed by atoms with Gasteiger partial charge in [-0.3, -0.25) is 0 Å². The first-order valence-electron chi connectivity index (χ1n) is 6.05. The first kappa shape index (κ1) is 14.1. The Balaban J connectivity index is 2.34. The summed E-state index contributed by atoms with van der Waals surface area (Å²) in [7, 11) is 0. The lowest BCUT2D eigenvalue weighted by Gasteiger charge is -2.07. The molecule has 1 nitrogen and oxygen atoms in total. The minimum atomic E-state index is -4.31. The Bertz CT molecular complexity index is 560. The van der Waals surface area contributed by atoms with E-state index >= 15 is 0 Å². The third-order valence-corrected chi connectivity index (χ3v) is 3.99. The molecule has 0 aliphatic heterocycles. The minimum Gasteiger partial charge on any atom is -0.241 e. The van der Waals surface area contributed by atoms with Crippen molar-refractivity contribution in [3.8, 4) is 10.6 Å². The summed E-state index contributed by atoms with van der Waals surface area (Å²) in [4.78, 5) is 4.43. The molecule has 5 heteroatoms. The molecular formula is C14H14F3NS. The van der Waals surface area contributed by atoms with Gasteiger partial charge in [0.15, 0.2) is 0 Å². The Kier molecular flexibility index (Phi) is 3.94. The minimum absolute atomic E-state index is 0.329. The van der Waals surface area contributed by atoms with E-state index in [4.69, 9.17) is 0 Å². The number of nitrogens with zero attached hydrogens (tertiary/aromatic N) is 1. The Morgan fingerprint density at radius 1 is 1.32 bits per heavy atom. The maximum atomic E-state index is 12.7. The first-order valence-corrected chi connectivity index (χ1v) is 6.93. The van der Waals surface area contributed by atoms with Gasteiger partial charge in [0, 0.05) is 10.9 Å². The van der Waals surface area contributed by atoms with Gasteiger partial charge in [-0.2, -0.15) is 13.2 Å². The normalized spacial score (nSPS) is 13.5. The molecule has 0 amide bonds. The summed E-state index contributed by atoms with van der Waals surface area (Å²) in [6.45, 7) is 4.12. The van der Waals surface area contributed by atoms with Gasteiger partial charge < -0.3 is 0 Å². The van der Waals surface area contributed by atoms with Gasteiger partial charge in [0.1, 0.15) is 5.01 Å². The molecule has 0 saturated heterocycles. The molecule has 19 heavy (non-hydrogen) atoms. The summed E-state index contributed by atoms with van der Waals surface area (Å²) in [6.07, 6.45) is -3.35. The molecule has 1 unspecified atom stereocenters. The molecule has 1 aromatic heterocycles. The third kappa shape index (κ3) is 3.15. The van der Waals surface area contributed by atoms with Crippen molar-refractivity contribution in [3.63, 3.8) is 0 Å². The van der Waals surface area contributed by atoms with Gasteiger partial charge in [-0.1, -0.05) is 26.0 Å². The van der Waals surface area contributed by atoms with Crippen LogP contribution in [0.4, 0.5) is 13.2 Å². The average Bonchev–Trinajstić information content (AvgIpc) is 2.86. The summed E-state index contributed by atoms with van der Waals surface area (Å²) in [5.74, 6) is 0.329. The van der Waals surface area contributed by atoms with E-state index in [1.54, 1.807) is 6.07 Å². The lowest BCUT2D eigenvalue weighted by molar-refractivity contribution is -0.137. The van der Waals surface area contributed by atoms with Gasteiger partial charge in [-0.25, -0.2) is 4.98 Å². The molecule has 2 rings (SSSR count). The van der Waals surface area contributed by atoms with Crippen LogP contribution in [-0.2, 0) is 6.18 Å². The van der Waals surface area contributed by atoms with Crippen molar-refractivity contribution in [1.29, 1.82) is 0 Å². The number of halogens is 3. The van der Waals surface area contributed by atoms with Crippen LogP contribution >= 0.6 is 11.3 Å². The predicted molar refractivity (Wildman–Crippen MR) is 71.3 cm³/mol. The highest BCUT2D eigenvalue weighted by atomic mass is 32.1. The highest BCUT2D eigenvalue weighted by Crippen LogP contribution is 2.34. The second-order valence-corrected chi connectivity index (χ2v) is 5.32. The zero-order valence-electron chi connectivity index (χ0n) is 10.7. The third-order valence-electron chi connectivity index (χ3n) is 3.08. The van der Waals surface area contributed by atoms with E-state index in [-0.39, 0.29) is 0 Å². The van der Waals surface area contributed by atoms with Crippen molar-refractivity contribution in [2.24, 2.45) is 0 Å². The van der Waals surface area contributed by atoms with Gasteiger partial charge in [-0.15, -0.1) is 11.3 Å². The number of alkyl halides is 3. The predicted octanol–water partition coefficient (Wildman–Crippen LogP) is 5.34. The van der Waals surface area contributed by atoms with E-state index in [9.17, 15) is 13.2 Å². The van der Waals surface area contributed by atoms with Crippen LogP contribution in [0, 0.1) is 0 Å². The van der Waals surface area contributed by atoms with Crippen LogP contribution < -0.4 is 0 Å². The number of rotatable bonds is 3. The SMILES string of the molecule is CCC(C)c1csc(-c2cccc(C(F)(F)F)c2)n1. The van der Waals surface area contributed by atoms with Crippen molar-refractivity contribution in [1.82, 2.24) is 4.98 Å². The van der Waals surface area contributed by atoms with Gasteiger partial charge >= 0.3 is 6.18 Å². The van der Waals surface area contributed by atoms with E-state index in [0.717, 1.165) is 24.2 Å². The summed E-state index contributed by atoms with van der Waals surface area (Å²) in [5, 5.41) is 2.56. The van der Waals surface area contributed by atoms with Crippen molar-refractivity contribution in [2.75, 3.05) is 0 Å². The molecule has 1 aromatic carbocycles. The van der Waals surface area contributed by atoms with Gasteiger partial charge in [0.05, 0.1) is 11.3 Å². The molecule has 0 aliphatic carbocycles. The zero-order chi connectivity index (χ0) is 14.0. The Labute approximate surface area is 114 Å². The van der Waals surface area contributed by atoms with Crippen LogP contribution in [0.15, 0.2) is 29.6 Å². The molecular weight excluding hydrogens is 271 g/mol. The Morgan fingerprint density at radius 2 is 2.05 bits per heavy atom.